The van der Waals surface area contributed by atoms with Crippen molar-refractivity contribution >= 4 is 17.5 Å². The van der Waals surface area contributed by atoms with Crippen LogP contribution in [0.1, 0.15) is 23.3 Å². The molecule has 1 fully saturated rings. The van der Waals surface area contributed by atoms with Crippen LogP contribution in [0.4, 0.5) is 0 Å². The Labute approximate surface area is 162 Å². The molecule has 0 aliphatic carbocycles. The quantitative estimate of drug-likeness (QED) is 0.723. The second-order valence-corrected chi connectivity index (χ2v) is 6.95. The largest absolute Gasteiger partial charge is 0.376 e. The summed E-state index contributed by atoms with van der Waals surface area (Å²) < 4.78 is 7.27. The number of nitrogens with zero attached hydrogens (tertiary/aromatic N) is 2. The van der Waals surface area contributed by atoms with Crippen molar-refractivity contribution < 1.29 is 9.53 Å². The Hall–Kier alpha value is -2.63. The first kappa shape index (κ1) is 17.8. The molecule has 27 heavy (non-hydrogen) atoms. The zero-order chi connectivity index (χ0) is 18.6. The van der Waals surface area contributed by atoms with Crippen LogP contribution < -0.4 is 5.32 Å². The van der Waals surface area contributed by atoms with E-state index in [4.69, 9.17) is 16.3 Å². The van der Waals surface area contributed by atoms with E-state index < -0.39 is 0 Å². The number of nitrogens with one attached hydrogen (secondary N) is 1. The first-order valence-corrected chi connectivity index (χ1v) is 9.40. The average Bonchev–Trinajstić information content (AvgIpc) is 3.37. The van der Waals surface area contributed by atoms with Crippen molar-refractivity contribution in [2.45, 2.75) is 18.9 Å². The summed E-state index contributed by atoms with van der Waals surface area (Å²) in [5.74, 6) is -0.165. The van der Waals surface area contributed by atoms with Gasteiger partial charge < -0.3 is 10.1 Å². The highest BCUT2D eigenvalue weighted by atomic mass is 35.5. The van der Waals surface area contributed by atoms with Crippen LogP contribution in [0.25, 0.3) is 16.9 Å². The third-order valence-corrected chi connectivity index (χ3v) is 4.85. The van der Waals surface area contributed by atoms with Crippen LogP contribution in [0, 0.1) is 0 Å². The molecule has 6 heteroatoms. The SMILES string of the molecule is O=C(NC[C@H]1CCCO1)c1cc(-c2ccc(Cl)cc2)nn1-c1ccccc1. The fourth-order valence-corrected chi connectivity index (χ4v) is 3.30. The average molecular weight is 382 g/mol. The maximum absolute atomic E-state index is 12.8. The molecule has 1 N–H and O–H groups in total. The highest BCUT2D eigenvalue weighted by molar-refractivity contribution is 6.30. The smallest absolute Gasteiger partial charge is 0.270 e. The van der Waals surface area contributed by atoms with Gasteiger partial charge in [0, 0.05) is 23.7 Å². The number of para-hydroxylation sites is 1. The highest BCUT2D eigenvalue weighted by Crippen LogP contribution is 2.23. The van der Waals surface area contributed by atoms with E-state index in [1.807, 2.05) is 54.6 Å². The number of carbonyl (C=O) groups is 1. The number of ether oxygens (including phenoxy) is 1. The topological polar surface area (TPSA) is 56.1 Å². The summed E-state index contributed by atoms with van der Waals surface area (Å²) in [5, 5.41) is 8.30. The maximum Gasteiger partial charge on any atom is 0.270 e. The van der Waals surface area contributed by atoms with Gasteiger partial charge in [-0.2, -0.15) is 5.10 Å². The Morgan fingerprint density at radius 2 is 1.96 bits per heavy atom. The molecule has 3 aromatic rings. The molecule has 1 atom stereocenters. The standard InChI is InChI=1S/C21H20ClN3O2/c22-16-10-8-15(9-11-16)19-13-20(21(26)23-14-18-7-4-12-27-18)25(24-19)17-5-2-1-3-6-17/h1-3,5-6,8-11,13,18H,4,7,12,14H2,(H,23,26)/t18-/m1/s1. The Bertz CT molecular complexity index is 916. The molecule has 138 valence electrons. The van der Waals surface area contributed by atoms with Gasteiger partial charge in [0.25, 0.3) is 5.91 Å². The van der Waals surface area contributed by atoms with Gasteiger partial charge in [-0.1, -0.05) is 41.9 Å². The van der Waals surface area contributed by atoms with Crippen molar-refractivity contribution in [1.82, 2.24) is 15.1 Å². The Morgan fingerprint density at radius 1 is 1.19 bits per heavy atom. The predicted molar refractivity (Wildman–Crippen MR) is 105 cm³/mol. The van der Waals surface area contributed by atoms with E-state index in [1.54, 1.807) is 10.7 Å². The summed E-state index contributed by atoms with van der Waals surface area (Å²) in [6.07, 6.45) is 2.12. The first-order valence-electron chi connectivity index (χ1n) is 9.02. The Morgan fingerprint density at radius 3 is 2.67 bits per heavy atom. The Kier molecular flexibility index (Phi) is 5.23. The molecule has 1 amide bonds. The summed E-state index contributed by atoms with van der Waals surface area (Å²) in [6.45, 7) is 1.28. The molecule has 0 unspecified atom stereocenters. The monoisotopic (exact) mass is 381 g/mol. The third-order valence-electron chi connectivity index (χ3n) is 4.60. The minimum absolute atomic E-state index is 0.0952. The number of amides is 1. The van der Waals surface area contributed by atoms with Gasteiger partial charge in [0.05, 0.1) is 17.5 Å². The number of halogens is 1. The van der Waals surface area contributed by atoms with Crippen LogP contribution in [0.2, 0.25) is 5.02 Å². The number of benzene rings is 2. The summed E-state index contributed by atoms with van der Waals surface area (Å²) >= 11 is 5.98. The minimum Gasteiger partial charge on any atom is -0.376 e. The molecule has 2 aromatic carbocycles. The molecule has 1 aromatic heterocycles. The van der Waals surface area contributed by atoms with Gasteiger partial charge in [0.15, 0.2) is 0 Å². The fourth-order valence-electron chi connectivity index (χ4n) is 3.17. The number of hydrogen-bond donors (Lipinski definition) is 1. The lowest BCUT2D eigenvalue weighted by molar-refractivity contribution is 0.0851. The zero-order valence-corrected chi connectivity index (χ0v) is 15.5. The fraction of sp³-hybridized carbons (Fsp3) is 0.238. The summed E-state index contributed by atoms with van der Waals surface area (Å²) in [4.78, 5) is 12.8. The number of hydrogen-bond acceptors (Lipinski definition) is 3. The van der Waals surface area contributed by atoms with E-state index in [0.717, 1.165) is 36.4 Å². The van der Waals surface area contributed by atoms with Gasteiger partial charge in [-0.3, -0.25) is 4.79 Å². The van der Waals surface area contributed by atoms with Gasteiger partial charge in [-0.25, -0.2) is 4.68 Å². The van der Waals surface area contributed by atoms with Crippen LogP contribution in [-0.2, 0) is 4.74 Å². The number of carbonyl (C=O) groups excluding carboxylic acids is 1. The van der Waals surface area contributed by atoms with E-state index in [0.29, 0.717) is 17.3 Å². The normalized spacial score (nSPS) is 16.4. The molecular weight excluding hydrogens is 362 g/mol. The van der Waals surface area contributed by atoms with Crippen LogP contribution in [0.5, 0.6) is 0 Å². The lowest BCUT2D eigenvalue weighted by Gasteiger charge is -2.11. The van der Waals surface area contributed by atoms with Crippen molar-refractivity contribution in [1.29, 1.82) is 0 Å². The summed E-state index contributed by atoms with van der Waals surface area (Å²) in [6, 6.07) is 18.9. The van der Waals surface area contributed by atoms with Gasteiger partial charge in [0.1, 0.15) is 5.69 Å². The molecule has 1 aliphatic heterocycles. The third kappa shape index (κ3) is 4.04. The molecule has 1 aliphatic rings. The van der Waals surface area contributed by atoms with E-state index >= 15 is 0 Å². The lowest BCUT2D eigenvalue weighted by atomic mass is 10.1. The second-order valence-electron chi connectivity index (χ2n) is 6.51. The lowest BCUT2D eigenvalue weighted by Crippen LogP contribution is -2.33. The molecule has 0 saturated carbocycles. The number of rotatable bonds is 5. The predicted octanol–water partition coefficient (Wildman–Crippen LogP) is 4.10. The van der Waals surface area contributed by atoms with Crippen molar-refractivity contribution in [3.8, 4) is 16.9 Å². The molecule has 0 radical (unpaired) electrons. The summed E-state index contributed by atoms with van der Waals surface area (Å²) in [7, 11) is 0. The Balaban J connectivity index is 1.65. The maximum atomic E-state index is 12.8. The van der Waals surface area contributed by atoms with E-state index in [9.17, 15) is 4.79 Å². The molecule has 0 bridgehead atoms. The first-order chi connectivity index (χ1) is 13.2. The molecule has 0 spiro atoms. The van der Waals surface area contributed by atoms with Gasteiger partial charge in [-0.15, -0.1) is 0 Å². The molecular formula is C21H20ClN3O2. The highest BCUT2D eigenvalue weighted by Gasteiger charge is 2.20. The van der Waals surface area contributed by atoms with Gasteiger partial charge >= 0.3 is 0 Å². The van der Waals surface area contributed by atoms with E-state index in [-0.39, 0.29) is 12.0 Å². The van der Waals surface area contributed by atoms with E-state index in [2.05, 4.69) is 10.4 Å². The molecule has 4 rings (SSSR count). The molecule has 2 heterocycles. The number of aromatic nitrogens is 2. The van der Waals surface area contributed by atoms with Crippen molar-refractivity contribution in [3.63, 3.8) is 0 Å². The second kappa shape index (κ2) is 7.94. The van der Waals surface area contributed by atoms with Gasteiger partial charge in [0.2, 0.25) is 0 Å². The van der Waals surface area contributed by atoms with E-state index in [1.165, 1.54) is 0 Å². The van der Waals surface area contributed by atoms with Gasteiger partial charge in [-0.05, 0) is 43.2 Å². The summed E-state index contributed by atoms with van der Waals surface area (Å²) in [5.41, 5.74) is 2.95. The minimum atomic E-state index is -0.165. The molecule has 1 saturated heterocycles. The van der Waals surface area contributed by atoms with Crippen LogP contribution in [0.3, 0.4) is 0 Å². The van der Waals surface area contributed by atoms with Crippen LogP contribution >= 0.6 is 11.6 Å². The van der Waals surface area contributed by atoms with Crippen LogP contribution in [-0.4, -0.2) is 34.9 Å². The molecule has 5 nitrogen and oxygen atoms in total. The zero-order valence-electron chi connectivity index (χ0n) is 14.8. The van der Waals surface area contributed by atoms with Crippen molar-refractivity contribution in [3.05, 3.63) is 71.4 Å². The van der Waals surface area contributed by atoms with Crippen molar-refractivity contribution in [2.24, 2.45) is 0 Å². The van der Waals surface area contributed by atoms with Crippen LogP contribution in [0.15, 0.2) is 60.7 Å². The van der Waals surface area contributed by atoms with Crippen molar-refractivity contribution in [2.75, 3.05) is 13.2 Å².